The summed E-state index contributed by atoms with van der Waals surface area (Å²) in [4.78, 5) is 33.9. The van der Waals surface area contributed by atoms with Gasteiger partial charge in [0.25, 0.3) is 5.91 Å². The Hall–Kier alpha value is -4.18. The third kappa shape index (κ3) is 5.17. The lowest BCUT2D eigenvalue weighted by Crippen LogP contribution is -2.29. The molecule has 1 atom stereocenters. The molecule has 0 spiro atoms. The van der Waals surface area contributed by atoms with Gasteiger partial charge in [-0.15, -0.1) is 0 Å². The highest BCUT2D eigenvalue weighted by Gasteiger charge is 2.33. The fourth-order valence-corrected chi connectivity index (χ4v) is 4.02. The predicted molar refractivity (Wildman–Crippen MR) is 129 cm³/mol. The lowest BCUT2D eigenvalue weighted by atomic mass is 10.0. The minimum absolute atomic E-state index is 0.0440. The number of fused-ring (bicyclic) bond motifs is 1. The topological polar surface area (TPSA) is 115 Å². The molecule has 2 aliphatic heterocycles. The van der Waals surface area contributed by atoms with Crippen molar-refractivity contribution >= 4 is 23.6 Å². The number of aromatic nitrogens is 2. The number of pyridine rings is 2. The summed E-state index contributed by atoms with van der Waals surface area (Å²) < 4.78 is 16.1. The van der Waals surface area contributed by atoms with E-state index >= 15 is 0 Å². The first-order chi connectivity index (χ1) is 17.1. The van der Waals surface area contributed by atoms with Gasteiger partial charge in [-0.2, -0.15) is 0 Å². The monoisotopic (exact) mass is 475 g/mol. The SMILES string of the molecule is COc1cc(-c2cccc(CNCCC3CN(c4ccc5c(n4)NC(=O)CO5)C(=O)O3)c2)ccn1. The van der Waals surface area contributed by atoms with Gasteiger partial charge >= 0.3 is 6.09 Å². The Kier molecular flexibility index (Phi) is 6.44. The molecule has 0 radical (unpaired) electrons. The molecule has 3 aromatic rings. The van der Waals surface area contributed by atoms with Gasteiger partial charge in [-0.1, -0.05) is 18.2 Å². The van der Waals surface area contributed by atoms with Crippen molar-refractivity contribution in [3.05, 3.63) is 60.3 Å². The zero-order valence-corrected chi connectivity index (χ0v) is 19.2. The van der Waals surface area contributed by atoms with Gasteiger partial charge in [0.05, 0.1) is 13.7 Å². The molecule has 1 saturated heterocycles. The largest absolute Gasteiger partial charge is 0.481 e. The van der Waals surface area contributed by atoms with Crippen molar-refractivity contribution in [2.45, 2.75) is 19.1 Å². The Balaban J connectivity index is 1.13. The number of anilines is 2. The van der Waals surface area contributed by atoms with Crippen molar-refractivity contribution < 1.29 is 23.8 Å². The number of hydrogen-bond acceptors (Lipinski definition) is 8. The summed E-state index contributed by atoms with van der Waals surface area (Å²) in [7, 11) is 1.60. The number of nitrogens with zero attached hydrogens (tertiary/aromatic N) is 3. The summed E-state index contributed by atoms with van der Waals surface area (Å²) in [5.74, 6) is 1.51. The summed E-state index contributed by atoms with van der Waals surface area (Å²) in [5, 5.41) is 6.07. The molecule has 4 heterocycles. The molecular weight excluding hydrogens is 450 g/mol. The van der Waals surface area contributed by atoms with Crippen molar-refractivity contribution in [1.29, 1.82) is 0 Å². The van der Waals surface area contributed by atoms with Gasteiger partial charge in [-0.25, -0.2) is 14.8 Å². The number of methoxy groups -OCH3 is 1. The minimum Gasteiger partial charge on any atom is -0.481 e. The van der Waals surface area contributed by atoms with Crippen molar-refractivity contribution in [3.63, 3.8) is 0 Å². The summed E-state index contributed by atoms with van der Waals surface area (Å²) in [6, 6.07) is 15.5. The van der Waals surface area contributed by atoms with Crippen LogP contribution in [0.3, 0.4) is 0 Å². The van der Waals surface area contributed by atoms with Gasteiger partial charge in [0.15, 0.2) is 18.2 Å². The number of carbonyl (C=O) groups excluding carboxylic acids is 2. The van der Waals surface area contributed by atoms with E-state index in [4.69, 9.17) is 14.2 Å². The molecular formula is C25H25N5O5. The number of rotatable bonds is 8. The highest BCUT2D eigenvalue weighted by Crippen LogP contribution is 2.30. The number of ether oxygens (including phenoxy) is 3. The Labute approximate surface area is 202 Å². The van der Waals surface area contributed by atoms with E-state index in [2.05, 4.69) is 38.8 Å². The molecule has 180 valence electrons. The minimum atomic E-state index is -0.453. The first-order valence-corrected chi connectivity index (χ1v) is 11.3. The number of cyclic esters (lactones) is 1. The first kappa shape index (κ1) is 22.6. The van der Waals surface area contributed by atoms with Crippen LogP contribution in [0, 0.1) is 0 Å². The molecule has 2 N–H and O–H groups in total. The Morgan fingerprint density at radius 3 is 2.94 bits per heavy atom. The highest BCUT2D eigenvalue weighted by atomic mass is 16.6. The average molecular weight is 476 g/mol. The van der Waals surface area contributed by atoms with Crippen LogP contribution in [0.25, 0.3) is 11.1 Å². The quantitative estimate of drug-likeness (QED) is 0.478. The molecule has 0 saturated carbocycles. The third-order valence-electron chi connectivity index (χ3n) is 5.79. The molecule has 1 fully saturated rings. The maximum absolute atomic E-state index is 12.4. The van der Waals surface area contributed by atoms with Crippen LogP contribution in [-0.4, -0.2) is 54.9 Å². The van der Waals surface area contributed by atoms with Crippen LogP contribution >= 0.6 is 0 Å². The second-order valence-electron chi connectivity index (χ2n) is 8.22. The average Bonchev–Trinajstić information content (AvgIpc) is 3.26. The van der Waals surface area contributed by atoms with Crippen LogP contribution in [0.1, 0.15) is 12.0 Å². The van der Waals surface area contributed by atoms with Gasteiger partial charge in [-0.05, 0) is 53.9 Å². The lowest BCUT2D eigenvalue weighted by molar-refractivity contribution is -0.118. The van der Waals surface area contributed by atoms with Crippen molar-refractivity contribution in [3.8, 4) is 22.8 Å². The highest BCUT2D eigenvalue weighted by molar-refractivity contribution is 5.95. The molecule has 10 nitrogen and oxygen atoms in total. The number of nitrogens with one attached hydrogen (secondary N) is 2. The Morgan fingerprint density at radius 1 is 1.17 bits per heavy atom. The van der Waals surface area contributed by atoms with E-state index in [1.54, 1.807) is 25.4 Å². The second kappa shape index (κ2) is 9.98. The lowest BCUT2D eigenvalue weighted by Gasteiger charge is -2.19. The van der Waals surface area contributed by atoms with Crippen LogP contribution in [0.5, 0.6) is 11.6 Å². The molecule has 2 aliphatic rings. The molecule has 0 aliphatic carbocycles. The summed E-state index contributed by atoms with van der Waals surface area (Å²) >= 11 is 0. The molecule has 10 heteroatoms. The number of hydrogen-bond donors (Lipinski definition) is 2. The molecule has 2 amide bonds. The summed E-state index contributed by atoms with van der Waals surface area (Å²) in [5.41, 5.74) is 3.27. The van der Waals surface area contributed by atoms with E-state index in [9.17, 15) is 9.59 Å². The van der Waals surface area contributed by atoms with Crippen LogP contribution in [0.4, 0.5) is 16.4 Å². The van der Waals surface area contributed by atoms with Crippen molar-refractivity contribution in [1.82, 2.24) is 15.3 Å². The first-order valence-electron chi connectivity index (χ1n) is 11.3. The third-order valence-corrected chi connectivity index (χ3v) is 5.79. The Bertz CT molecular complexity index is 1250. The number of carbonyl (C=O) groups is 2. The van der Waals surface area contributed by atoms with Gasteiger partial charge < -0.3 is 24.8 Å². The van der Waals surface area contributed by atoms with Gasteiger partial charge in [-0.3, -0.25) is 9.69 Å². The predicted octanol–water partition coefficient (Wildman–Crippen LogP) is 2.99. The fraction of sp³-hybridized carbons (Fsp3) is 0.280. The van der Waals surface area contributed by atoms with Crippen molar-refractivity contribution in [2.24, 2.45) is 0 Å². The standard InChI is InChI=1S/C25H25N5O5/c1-33-23-12-18(7-10-27-23)17-4-2-3-16(11-17)13-26-9-8-19-14-30(25(32)35-19)21-6-5-20-24(28-21)29-22(31)15-34-20/h2-7,10-12,19,26H,8-9,13-15H2,1H3,(H,28,29,31). The normalized spacial score (nSPS) is 16.8. The van der Waals surface area contributed by atoms with Gasteiger partial charge in [0, 0.05) is 18.8 Å². The molecule has 1 aromatic carbocycles. The Morgan fingerprint density at radius 2 is 2.06 bits per heavy atom. The van der Waals surface area contributed by atoms with E-state index in [-0.39, 0.29) is 18.6 Å². The zero-order valence-electron chi connectivity index (χ0n) is 19.2. The molecule has 1 unspecified atom stereocenters. The van der Waals surface area contributed by atoms with Gasteiger partial charge in [0.1, 0.15) is 11.9 Å². The van der Waals surface area contributed by atoms with E-state index in [1.165, 1.54) is 4.90 Å². The second-order valence-corrected chi connectivity index (χ2v) is 8.22. The van der Waals surface area contributed by atoms with Crippen LogP contribution < -0.4 is 25.0 Å². The van der Waals surface area contributed by atoms with Crippen LogP contribution in [-0.2, 0) is 16.1 Å². The maximum Gasteiger partial charge on any atom is 0.415 e. The fourth-order valence-electron chi connectivity index (χ4n) is 4.02. The van der Waals surface area contributed by atoms with E-state index in [0.29, 0.717) is 49.3 Å². The van der Waals surface area contributed by atoms with Crippen LogP contribution in [0.2, 0.25) is 0 Å². The number of amides is 2. The van der Waals surface area contributed by atoms with E-state index in [0.717, 1.165) is 16.7 Å². The number of benzene rings is 1. The maximum atomic E-state index is 12.4. The summed E-state index contributed by atoms with van der Waals surface area (Å²) in [6.07, 6.45) is 1.68. The van der Waals surface area contributed by atoms with Crippen molar-refractivity contribution in [2.75, 3.05) is 37.0 Å². The zero-order chi connectivity index (χ0) is 24.2. The molecule has 35 heavy (non-hydrogen) atoms. The van der Waals surface area contributed by atoms with Gasteiger partial charge in [0.2, 0.25) is 5.88 Å². The van der Waals surface area contributed by atoms with E-state index < -0.39 is 6.09 Å². The van der Waals surface area contributed by atoms with Crippen LogP contribution in [0.15, 0.2) is 54.7 Å². The molecule has 0 bridgehead atoms. The smallest absolute Gasteiger partial charge is 0.415 e. The molecule has 2 aromatic heterocycles. The van der Waals surface area contributed by atoms with E-state index in [1.807, 2.05) is 18.2 Å². The summed E-state index contributed by atoms with van der Waals surface area (Å²) in [6.45, 7) is 1.71. The molecule has 5 rings (SSSR count).